The lowest BCUT2D eigenvalue weighted by Gasteiger charge is -2.14. The summed E-state index contributed by atoms with van der Waals surface area (Å²) in [6.07, 6.45) is 0.666. The summed E-state index contributed by atoms with van der Waals surface area (Å²) in [5.41, 5.74) is 4.41. The molecule has 1 aliphatic rings. The molecule has 6 nitrogen and oxygen atoms in total. The van der Waals surface area contributed by atoms with Gasteiger partial charge in [-0.2, -0.15) is 5.10 Å². The van der Waals surface area contributed by atoms with Crippen LogP contribution in [0.25, 0.3) is 0 Å². The smallest absolute Gasteiger partial charge is 0.271 e. The monoisotopic (exact) mass is 260 g/mol. The Morgan fingerprint density at radius 2 is 1.95 bits per heavy atom. The Kier molecular flexibility index (Phi) is 3.79. The fraction of sp³-hybridized carbons (Fsp3) is 0.308. The second-order valence-corrected chi connectivity index (χ2v) is 4.49. The second-order valence-electron chi connectivity index (χ2n) is 4.49. The number of benzene rings is 1. The zero-order chi connectivity index (χ0) is 13.8. The van der Waals surface area contributed by atoms with Gasteiger partial charge in [0.05, 0.1) is 0 Å². The molecule has 0 saturated heterocycles. The van der Waals surface area contributed by atoms with E-state index in [0.717, 1.165) is 5.69 Å². The number of carbonyl (C=O) groups is 2. The number of nitrogens with one attached hydrogen (secondary N) is 2. The molecule has 1 aromatic rings. The van der Waals surface area contributed by atoms with Gasteiger partial charge in [0.2, 0.25) is 5.91 Å². The molecule has 0 saturated carbocycles. The third-order valence-corrected chi connectivity index (χ3v) is 2.81. The number of hydrogen-bond donors (Lipinski definition) is 2. The van der Waals surface area contributed by atoms with Gasteiger partial charge in [0.15, 0.2) is 0 Å². The van der Waals surface area contributed by atoms with E-state index in [4.69, 9.17) is 0 Å². The lowest BCUT2D eigenvalue weighted by Crippen LogP contribution is -2.32. The van der Waals surface area contributed by atoms with Crippen LogP contribution in [0.4, 0.5) is 11.4 Å². The molecule has 0 radical (unpaired) electrons. The zero-order valence-corrected chi connectivity index (χ0v) is 10.9. The average molecular weight is 260 g/mol. The van der Waals surface area contributed by atoms with E-state index < -0.39 is 0 Å². The molecule has 0 unspecified atom stereocenters. The van der Waals surface area contributed by atoms with Gasteiger partial charge in [-0.05, 0) is 24.3 Å². The van der Waals surface area contributed by atoms with Gasteiger partial charge in [-0.1, -0.05) is 0 Å². The van der Waals surface area contributed by atoms with Gasteiger partial charge in [0.25, 0.3) is 5.91 Å². The SMILES string of the molecule is CN(C)c1ccc(NC(=O)C2=NNC(=O)CC2)cc1. The predicted octanol–water partition coefficient (Wildman–Crippen LogP) is 0.957. The van der Waals surface area contributed by atoms with Crippen LogP contribution in [0.2, 0.25) is 0 Å². The van der Waals surface area contributed by atoms with Crippen molar-refractivity contribution >= 4 is 28.9 Å². The molecule has 0 fully saturated rings. The van der Waals surface area contributed by atoms with Crippen LogP contribution < -0.4 is 15.6 Å². The minimum absolute atomic E-state index is 0.160. The first-order valence-electron chi connectivity index (χ1n) is 6.00. The lowest BCUT2D eigenvalue weighted by molar-refractivity contribution is -0.121. The van der Waals surface area contributed by atoms with E-state index in [1.807, 2.05) is 43.3 Å². The molecule has 0 aliphatic carbocycles. The summed E-state index contributed by atoms with van der Waals surface area (Å²) in [4.78, 5) is 24.8. The Hall–Kier alpha value is -2.37. The maximum atomic E-state index is 11.9. The molecule has 0 spiro atoms. The molecular weight excluding hydrogens is 244 g/mol. The predicted molar refractivity (Wildman–Crippen MR) is 74.2 cm³/mol. The van der Waals surface area contributed by atoms with Gasteiger partial charge in [0, 0.05) is 38.3 Å². The van der Waals surface area contributed by atoms with Crippen molar-refractivity contribution in [1.82, 2.24) is 5.43 Å². The first-order chi connectivity index (χ1) is 9.06. The fourth-order valence-corrected chi connectivity index (χ4v) is 1.68. The summed E-state index contributed by atoms with van der Waals surface area (Å²) >= 11 is 0. The molecular formula is C13H16N4O2. The van der Waals surface area contributed by atoms with Crippen LogP contribution in [0.5, 0.6) is 0 Å². The normalized spacial score (nSPS) is 14.4. The summed E-state index contributed by atoms with van der Waals surface area (Å²) in [5.74, 6) is -0.440. The summed E-state index contributed by atoms with van der Waals surface area (Å²) in [6, 6.07) is 7.49. The van der Waals surface area contributed by atoms with Crippen LogP contribution in [-0.2, 0) is 9.59 Å². The average Bonchev–Trinajstić information content (AvgIpc) is 2.40. The Balaban J connectivity index is 2.01. The van der Waals surface area contributed by atoms with E-state index in [2.05, 4.69) is 15.8 Å². The molecule has 0 bridgehead atoms. The highest BCUT2D eigenvalue weighted by Crippen LogP contribution is 2.16. The van der Waals surface area contributed by atoms with E-state index in [9.17, 15) is 9.59 Å². The summed E-state index contributed by atoms with van der Waals surface area (Å²) in [5, 5.41) is 6.50. The minimum atomic E-state index is -0.280. The first kappa shape index (κ1) is 13.1. The third-order valence-electron chi connectivity index (χ3n) is 2.81. The highest BCUT2D eigenvalue weighted by Gasteiger charge is 2.18. The van der Waals surface area contributed by atoms with Gasteiger partial charge < -0.3 is 10.2 Å². The van der Waals surface area contributed by atoms with Crippen molar-refractivity contribution in [2.75, 3.05) is 24.3 Å². The quantitative estimate of drug-likeness (QED) is 0.850. The largest absolute Gasteiger partial charge is 0.378 e. The fourth-order valence-electron chi connectivity index (χ4n) is 1.68. The number of rotatable bonds is 3. The van der Waals surface area contributed by atoms with Crippen LogP contribution in [0.1, 0.15) is 12.8 Å². The Morgan fingerprint density at radius 3 is 2.47 bits per heavy atom. The molecule has 19 heavy (non-hydrogen) atoms. The van der Waals surface area contributed by atoms with E-state index in [1.165, 1.54) is 0 Å². The highest BCUT2D eigenvalue weighted by atomic mass is 16.2. The molecule has 2 rings (SSSR count). The van der Waals surface area contributed by atoms with Crippen molar-refractivity contribution in [2.45, 2.75) is 12.8 Å². The number of hydrazone groups is 1. The first-order valence-corrected chi connectivity index (χ1v) is 6.00. The number of anilines is 2. The van der Waals surface area contributed by atoms with Crippen LogP contribution >= 0.6 is 0 Å². The minimum Gasteiger partial charge on any atom is -0.378 e. The van der Waals surface area contributed by atoms with Crippen LogP contribution in [-0.4, -0.2) is 31.6 Å². The lowest BCUT2D eigenvalue weighted by atomic mass is 10.1. The van der Waals surface area contributed by atoms with E-state index >= 15 is 0 Å². The van der Waals surface area contributed by atoms with Crippen molar-refractivity contribution in [3.8, 4) is 0 Å². The summed E-state index contributed by atoms with van der Waals surface area (Å²) < 4.78 is 0. The van der Waals surface area contributed by atoms with Crippen LogP contribution in [0.15, 0.2) is 29.4 Å². The molecule has 2 amide bonds. The molecule has 2 N–H and O–H groups in total. The topological polar surface area (TPSA) is 73.8 Å². The van der Waals surface area contributed by atoms with Gasteiger partial charge >= 0.3 is 0 Å². The maximum absolute atomic E-state index is 11.9. The number of amides is 2. The van der Waals surface area contributed by atoms with Crippen molar-refractivity contribution in [1.29, 1.82) is 0 Å². The summed E-state index contributed by atoms with van der Waals surface area (Å²) in [6.45, 7) is 0. The molecule has 6 heteroatoms. The maximum Gasteiger partial charge on any atom is 0.271 e. The van der Waals surface area contributed by atoms with E-state index in [-0.39, 0.29) is 11.8 Å². The number of nitrogens with zero attached hydrogens (tertiary/aromatic N) is 2. The van der Waals surface area contributed by atoms with Crippen LogP contribution in [0, 0.1) is 0 Å². The Bertz CT molecular complexity index is 520. The highest BCUT2D eigenvalue weighted by molar-refractivity contribution is 6.43. The molecule has 1 heterocycles. The van der Waals surface area contributed by atoms with Gasteiger partial charge in [-0.25, -0.2) is 5.43 Å². The van der Waals surface area contributed by atoms with Gasteiger partial charge in [-0.15, -0.1) is 0 Å². The van der Waals surface area contributed by atoms with Crippen molar-refractivity contribution in [3.05, 3.63) is 24.3 Å². The van der Waals surface area contributed by atoms with Crippen molar-refractivity contribution in [2.24, 2.45) is 5.10 Å². The number of carbonyl (C=O) groups excluding carboxylic acids is 2. The Morgan fingerprint density at radius 1 is 1.26 bits per heavy atom. The standard InChI is InChI=1S/C13H16N4O2/c1-17(2)10-5-3-9(4-6-10)14-13(19)11-7-8-12(18)16-15-11/h3-6H,7-8H2,1-2H3,(H,14,19)(H,16,18). The summed E-state index contributed by atoms with van der Waals surface area (Å²) in [7, 11) is 3.90. The second kappa shape index (κ2) is 5.51. The third kappa shape index (κ3) is 3.31. The van der Waals surface area contributed by atoms with E-state index in [1.54, 1.807) is 0 Å². The van der Waals surface area contributed by atoms with E-state index in [0.29, 0.717) is 24.2 Å². The van der Waals surface area contributed by atoms with Crippen LogP contribution in [0.3, 0.4) is 0 Å². The van der Waals surface area contributed by atoms with Crippen molar-refractivity contribution < 1.29 is 9.59 Å². The molecule has 100 valence electrons. The van der Waals surface area contributed by atoms with Gasteiger partial charge in [-0.3, -0.25) is 9.59 Å². The molecule has 0 atom stereocenters. The number of hydrogen-bond acceptors (Lipinski definition) is 4. The molecule has 1 aromatic carbocycles. The van der Waals surface area contributed by atoms with Gasteiger partial charge in [0.1, 0.15) is 5.71 Å². The molecule has 1 aliphatic heterocycles. The molecule has 0 aromatic heterocycles. The van der Waals surface area contributed by atoms with Crippen molar-refractivity contribution in [3.63, 3.8) is 0 Å². The zero-order valence-electron chi connectivity index (χ0n) is 10.9. The Labute approximate surface area is 111 Å².